The average molecular weight is 623 g/mol. The summed E-state index contributed by atoms with van der Waals surface area (Å²) in [4.78, 5) is 10.1. The van der Waals surface area contributed by atoms with Crippen LogP contribution in [-0.2, 0) is 20.2 Å². The Bertz CT molecular complexity index is 2230. The molecule has 0 fully saturated rings. The quantitative estimate of drug-likeness (QED) is 0.0706. The largest absolute Gasteiger partial charge is 0.505 e. The van der Waals surface area contributed by atoms with E-state index in [1.165, 1.54) is 42.5 Å². The van der Waals surface area contributed by atoms with Gasteiger partial charge in [0.25, 0.3) is 20.2 Å². The van der Waals surface area contributed by atoms with Crippen LogP contribution in [0.2, 0.25) is 0 Å². The summed E-state index contributed by atoms with van der Waals surface area (Å²) in [5.74, 6) is -1.70. The van der Waals surface area contributed by atoms with E-state index in [4.69, 9.17) is 5.73 Å². The first-order valence-electron chi connectivity index (χ1n) is 12.2. The van der Waals surface area contributed by atoms with E-state index in [2.05, 4.69) is 15.5 Å². The van der Waals surface area contributed by atoms with E-state index in [9.17, 15) is 40.9 Å². The van der Waals surface area contributed by atoms with E-state index >= 15 is 0 Å². The van der Waals surface area contributed by atoms with Crippen LogP contribution in [0.5, 0.6) is 5.75 Å². The van der Waals surface area contributed by atoms with Crippen LogP contribution in [0, 0.1) is 6.92 Å². The normalized spacial score (nSPS) is 12.3. The third-order valence-corrected chi connectivity index (χ3v) is 8.38. The summed E-state index contributed by atoms with van der Waals surface area (Å²) in [6.07, 6.45) is 0. The predicted molar refractivity (Wildman–Crippen MR) is 159 cm³/mol. The molecule has 15 heteroatoms. The number of aromatic carboxylic acids is 1. The van der Waals surface area contributed by atoms with Crippen molar-refractivity contribution in [3.05, 3.63) is 83.9 Å². The fourth-order valence-corrected chi connectivity index (χ4v) is 5.81. The number of aromatic hydroxyl groups is 1. The lowest BCUT2D eigenvalue weighted by Gasteiger charge is -2.13. The summed E-state index contributed by atoms with van der Waals surface area (Å²) in [6.45, 7) is 1.72. The molecule has 0 atom stereocenters. The van der Waals surface area contributed by atoms with Gasteiger partial charge in [-0.25, -0.2) is 4.79 Å². The van der Waals surface area contributed by atoms with Crippen LogP contribution in [0.3, 0.4) is 0 Å². The summed E-state index contributed by atoms with van der Waals surface area (Å²) >= 11 is 0. The van der Waals surface area contributed by atoms with Crippen LogP contribution in [0.1, 0.15) is 15.9 Å². The number of phenols is 1. The van der Waals surface area contributed by atoms with Gasteiger partial charge in [0, 0.05) is 22.1 Å². The van der Waals surface area contributed by atoms with Crippen LogP contribution in [0.25, 0.3) is 21.5 Å². The number of nitrogens with two attached hydrogens (primary N) is 1. The summed E-state index contributed by atoms with van der Waals surface area (Å²) < 4.78 is 67.3. The van der Waals surface area contributed by atoms with E-state index < -0.39 is 47.4 Å². The molecule has 0 spiro atoms. The first kappa shape index (κ1) is 29.4. The third-order valence-electron chi connectivity index (χ3n) is 6.60. The van der Waals surface area contributed by atoms with Crippen molar-refractivity contribution in [2.24, 2.45) is 10.2 Å². The Morgan fingerprint density at radius 2 is 1.37 bits per heavy atom. The van der Waals surface area contributed by atoms with E-state index in [1.807, 2.05) is 0 Å². The zero-order valence-corrected chi connectivity index (χ0v) is 23.7. The molecule has 5 aromatic carbocycles. The molecule has 0 aliphatic rings. The van der Waals surface area contributed by atoms with Crippen molar-refractivity contribution in [2.45, 2.75) is 16.7 Å². The molecule has 43 heavy (non-hydrogen) atoms. The van der Waals surface area contributed by atoms with Gasteiger partial charge in [-0.3, -0.25) is 9.11 Å². The van der Waals surface area contributed by atoms with Crippen molar-refractivity contribution in [3.8, 4) is 5.75 Å². The number of rotatable bonds is 7. The molecule has 0 saturated carbocycles. The maximum Gasteiger partial charge on any atom is 0.335 e. The highest BCUT2D eigenvalue weighted by Crippen LogP contribution is 2.43. The summed E-state index contributed by atoms with van der Waals surface area (Å²) in [5, 5.41) is 32.8. The molecule has 0 bridgehead atoms. The second kappa shape index (κ2) is 10.6. The minimum Gasteiger partial charge on any atom is -0.505 e. The number of aryl methyl sites for hydroxylation is 1. The van der Waals surface area contributed by atoms with Gasteiger partial charge in [-0.2, -0.15) is 16.8 Å². The average Bonchev–Trinajstić information content (AvgIpc) is 2.92. The number of carboxylic acid groups (broad SMARTS) is 1. The molecule has 0 aliphatic heterocycles. The molecule has 0 saturated heterocycles. The van der Waals surface area contributed by atoms with Crippen LogP contribution in [0.15, 0.2) is 92.8 Å². The molecular weight excluding hydrogens is 600 g/mol. The molecule has 0 unspecified atom stereocenters. The Labute approximate surface area is 244 Å². The molecule has 5 rings (SSSR count). The Morgan fingerprint density at radius 3 is 2.05 bits per heavy atom. The Morgan fingerprint density at radius 1 is 0.744 bits per heavy atom. The van der Waals surface area contributed by atoms with E-state index in [1.54, 1.807) is 25.1 Å². The summed E-state index contributed by atoms with van der Waals surface area (Å²) in [5.41, 5.74) is 6.49. The lowest BCUT2D eigenvalue weighted by Crippen LogP contribution is -2.04. The lowest BCUT2D eigenvalue weighted by molar-refractivity contribution is 0.0697. The number of hydrogen-bond acceptors (Lipinski definition) is 10. The predicted octanol–water partition coefficient (Wildman–Crippen LogP) is 5.94. The zero-order chi connectivity index (χ0) is 31.3. The number of carbonyl (C=O) groups is 1. The number of hydrogen-bond donors (Lipinski definition) is 6. The second-order valence-corrected chi connectivity index (χ2v) is 12.3. The minimum atomic E-state index is -4.93. The lowest BCUT2D eigenvalue weighted by atomic mass is 10.0. The monoisotopic (exact) mass is 622 g/mol. The van der Waals surface area contributed by atoms with Crippen molar-refractivity contribution < 1.29 is 40.9 Å². The maximum absolute atomic E-state index is 12.4. The Balaban J connectivity index is 1.60. The van der Waals surface area contributed by atoms with Gasteiger partial charge in [-0.05, 0) is 77.9 Å². The molecule has 0 radical (unpaired) electrons. The topological polar surface area (TPSA) is 229 Å². The molecule has 0 amide bonds. The molecule has 5 aromatic rings. The van der Waals surface area contributed by atoms with Gasteiger partial charge in [0.2, 0.25) is 0 Å². The van der Waals surface area contributed by atoms with Gasteiger partial charge < -0.3 is 21.3 Å². The summed E-state index contributed by atoms with van der Waals surface area (Å²) in [7, 11) is -9.52. The third kappa shape index (κ3) is 5.82. The fourth-order valence-electron chi connectivity index (χ4n) is 4.51. The van der Waals surface area contributed by atoms with Gasteiger partial charge in [0.05, 0.1) is 16.9 Å². The number of carboxylic acids is 1. The van der Waals surface area contributed by atoms with Crippen molar-refractivity contribution in [2.75, 3.05) is 11.1 Å². The number of nitrogen functional groups attached to an aromatic ring is 1. The minimum absolute atomic E-state index is 0.0594. The SMILES string of the molecule is Cc1ccc2cc(C(=O)O)ccc2c1N=Nc1c(S(=O)(=O)O)cc2cc(Nc3ccc(N)c(S(=O)(=O)O)c3)ccc2c1O. The second-order valence-electron chi connectivity index (χ2n) is 9.51. The van der Waals surface area contributed by atoms with Gasteiger partial charge >= 0.3 is 5.97 Å². The van der Waals surface area contributed by atoms with Crippen LogP contribution < -0.4 is 11.1 Å². The molecule has 220 valence electrons. The van der Waals surface area contributed by atoms with Crippen LogP contribution in [-0.4, -0.2) is 42.1 Å². The molecule has 13 nitrogen and oxygen atoms in total. The number of benzene rings is 5. The Kier molecular flexibility index (Phi) is 7.27. The van der Waals surface area contributed by atoms with Gasteiger partial charge in [0.1, 0.15) is 15.5 Å². The Hall–Kier alpha value is -5.09. The highest BCUT2D eigenvalue weighted by Gasteiger charge is 2.23. The van der Waals surface area contributed by atoms with E-state index in [0.29, 0.717) is 27.7 Å². The first-order chi connectivity index (χ1) is 20.1. The maximum atomic E-state index is 12.4. The number of phenolic OH excluding ortho intramolecular Hbond substituents is 1. The van der Waals surface area contributed by atoms with Gasteiger partial charge in [0.15, 0.2) is 5.75 Å². The smallest absolute Gasteiger partial charge is 0.335 e. The van der Waals surface area contributed by atoms with E-state index in [0.717, 1.165) is 12.1 Å². The molecule has 0 aliphatic carbocycles. The van der Waals surface area contributed by atoms with Crippen LogP contribution in [0.4, 0.5) is 28.4 Å². The highest BCUT2D eigenvalue weighted by atomic mass is 32.2. The van der Waals surface area contributed by atoms with Gasteiger partial charge in [-0.1, -0.05) is 18.2 Å². The fraction of sp³-hybridized carbons (Fsp3) is 0.0357. The molecule has 0 heterocycles. The molecular formula is C28H22N4O9S2. The standard InChI is InChI=1S/C28H22N4O9S2/c1-14-2-3-15-10-16(28(34)35)4-7-20(15)25(14)31-32-26-24(43(39,40)41)12-17-11-18(5-8-21(17)27(26)33)30-19-6-9-22(29)23(13-19)42(36,37)38/h2-13,30,33H,29H2,1H3,(H,34,35)(H,36,37,38)(H,39,40,41). The van der Waals surface area contributed by atoms with Crippen molar-refractivity contribution in [3.63, 3.8) is 0 Å². The number of fused-ring (bicyclic) bond motifs is 2. The first-order valence-corrected chi connectivity index (χ1v) is 15.1. The van der Waals surface area contributed by atoms with Crippen molar-refractivity contribution in [1.29, 1.82) is 0 Å². The summed E-state index contributed by atoms with van der Waals surface area (Å²) in [6, 6.07) is 17.1. The van der Waals surface area contributed by atoms with E-state index in [-0.39, 0.29) is 27.7 Å². The van der Waals surface area contributed by atoms with Crippen LogP contribution >= 0.6 is 0 Å². The molecule has 7 N–H and O–H groups in total. The highest BCUT2D eigenvalue weighted by molar-refractivity contribution is 7.86. The van der Waals surface area contributed by atoms with Crippen molar-refractivity contribution >= 4 is 76.2 Å². The number of azo groups is 1. The number of anilines is 3. The number of nitrogens with one attached hydrogen (secondary N) is 1. The van der Waals surface area contributed by atoms with Gasteiger partial charge in [-0.15, -0.1) is 10.2 Å². The number of nitrogens with zero attached hydrogens (tertiary/aromatic N) is 2. The van der Waals surface area contributed by atoms with Crippen molar-refractivity contribution in [1.82, 2.24) is 0 Å². The zero-order valence-electron chi connectivity index (χ0n) is 22.0. The molecule has 0 aromatic heterocycles.